The van der Waals surface area contributed by atoms with E-state index >= 15 is 0 Å². The second kappa shape index (κ2) is 4.52. The van der Waals surface area contributed by atoms with Crippen molar-refractivity contribution >= 4 is 5.91 Å². The maximum absolute atomic E-state index is 11.6. The molecule has 0 atom stereocenters. The van der Waals surface area contributed by atoms with Crippen LogP contribution < -0.4 is 5.32 Å². The fourth-order valence-electron chi connectivity index (χ4n) is 1.18. The second-order valence-corrected chi connectivity index (χ2v) is 3.20. The van der Waals surface area contributed by atoms with Crippen molar-refractivity contribution in [2.75, 3.05) is 0 Å². The van der Waals surface area contributed by atoms with Gasteiger partial charge in [0.05, 0.1) is 12.7 Å². The third kappa shape index (κ3) is 2.41. The van der Waals surface area contributed by atoms with Crippen molar-refractivity contribution in [3.05, 3.63) is 41.8 Å². The number of hydrogen-bond acceptors (Lipinski definition) is 5. The van der Waals surface area contributed by atoms with Gasteiger partial charge in [0, 0.05) is 18.5 Å². The minimum absolute atomic E-state index is 0.280. The summed E-state index contributed by atoms with van der Waals surface area (Å²) in [7, 11) is 0. The molecule has 0 aromatic carbocycles. The Kier molecular flexibility index (Phi) is 2.90. The van der Waals surface area contributed by atoms with E-state index < -0.39 is 0 Å². The number of hydrogen-bond donors (Lipinski definition) is 1. The van der Waals surface area contributed by atoms with E-state index in [9.17, 15) is 4.79 Å². The zero-order valence-corrected chi connectivity index (χ0v) is 8.67. The predicted octanol–water partition coefficient (Wildman–Crippen LogP) is 0.703. The van der Waals surface area contributed by atoms with Gasteiger partial charge in [-0.1, -0.05) is 5.16 Å². The summed E-state index contributed by atoms with van der Waals surface area (Å²) in [5.41, 5.74) is 0.956. The minimum atomic E-state index is -0.284. The maximum Gasteiger partial charge on any atom is 0.271 e. The van der Waals surface area contributed by atoms with Crippen LogP contribution in [0.4, 0.5) is 0 Å². The van der Waals surface area contributed by atoms with Crippen LogP contribution in [0.3, 0.4) is 0 Å². The monoisotopic (exact) mass is 218 g/mol. The molecule has 0 saturated carbocycles. The lowest BCUT2D eigenvalue weighted by molar-refractivity contribution is 0.0944. The molecule has 6 nitrogen and oxygen atoms in total. The maximum atomic E-state index is 11.6. The lowest BCUT2D eigenvalue weighted by Crippen LogP contribution is -2.23. The quantitative estimate of drug-likeness (QED) is 0.820. The van der Waals surface area contributed by atoms with Crippen molar-refractivity contribution in [3.63, 3.8) is 0 Å². The Morgan fingerprint density at radius 3 is 3.00 bits per heavy atom. The first kappa shape index (κ1) is 10.3. The Morgan fingerprint density at radius 2 is 2.38 bits per heavy atom. The van der Waals surface area contributed by atoms with Crippen molar-refractivity contribution < 1.29 is 9.32 Å². The lowest BCUT2D eigenvalue weighted by atomic mass is 10.3. The van der Waals surface area contributed by atoms with E-state index in [2.05, 4.69) is 20.4 Å². The molecule has 0 saturated heterocycles. The van der Waals surface area contributed by atoms with Crippen LogP contribution in [0.1, 0.15) is 21.9 Å². The molecule has 2 heterocycles. The summed E-state index contributed by atoms with van der Waals surface area (Å²) in [4.78, 5) is 19.2. The van der Waals surface area contributed by atoms with Gasteiger partial charge in [0.2, 0.25) is 0 Å². The van der Waals surface area contributed by atoms with Crippen LogP contribution in [0.15, 0.2) is 29.2 Å². The molecule has 2 aromatic heterocycles. The molecule has 0 spiro atoms. The van der Waals surface area contributed by atoms with Gasteiger partial charge in [0.1, 0.15) is 17.1 Å². The average Bonchev–Trinajstić information content (AvgIpc) is 2.73. The van der Waals surface area contributed by atoms with Crippen LogP contribution in [0.2, 0.25) is 0 Å². The first-order chi connectivity index (χ1) is 7.75. The van der Waals surface area contributed by atoms with E-state index in [1.807, 2.05) is 0 Å². The third-order valence-electron chi connectivity index (χ3n) is 1.90. The zero-order valence-electron chi connectivity index (χ0n) is 8.67. The summed E-state index contributed by atoms with van der Waals surface area (Å²) in [5, 5.41) is 6.42. The number of rotatable bonds is 3. The smallest absolute Gasteiger partial charge is 0.271 e. The van der Waals surface area contributed by atoms with Crippen LogP contribution in [-0.4, -0.2) is 21.0 Å². The summed E-state index contributed by atoms with van der Waals surface area (Å²) < 4.78 is 4.87. The van der Waals surface area contributed by atoms with Gasteiger partial charge in [-0.3, -0.25) is 9.78 Å². The normalized spacial score (nSPS) is 10.1. The minimum Gasteiger partial charge on any atom is -0.361 e. The first-order valence-corrected chi connectivity index (χ1v) is 4.72. The molecular weight excluding hydrogens is 208 g/mol. The molecule has 0 unspecified atom stereocenters. The van der Waals surface area contributed by atoms with Gasteiger partial charge in [0.25, 0.3) is 5.91 Å². The highest BCUT2D eigenvalue weighted by Gasteiger charge is 2.07. The number of aromatic nitrogens is 3. The number of carbonyl (C=O) groups excluding carboxylic acids is 1. The van der Waals surface area contributed by atoms with E-state index in [1.54, 1.807) is 13.0 Å². The second-order valence-electron chi connectivity index (χ2n) is 3.20. The summed E-state index contributed by atoms with van der Waals surface area (Å²) in [5.74, 6) is 0.428. The standard InChI is InChI=1S/C10H10N4O2/c1-7-4-8(14-16-7)5-13-10(15)9-6-11-2-3-12-9/h2-4,6H,5H2,1H3,(H,13,15). The van der Waals surface area contributed by atoms with Crippen LogP contribution in [-0.2, 0) is 6.54 Å². The van der Waals surface area contributed by atoms with Crippen molar-refractivity contribution in [2.24, 2.45) is 0 Å². The van der Waals surface area contributed by atoms with Crippen LogP contribution >= 0.6 is 0 Å². The number of amides is 1. The van der Waals surface area contributed by atoms with Gasteiger partial charge in [-0.15, -0.1) is 0 Å². The van der Waals surface area contributed by atoms with E-state index in [0.717, 1.165) is 0 Å². The molecule has 82 valence electrons. The molecule has 16 heavy (non-hydrogen) atoms. The van der Waals surface area contributed by atoms with E-state index in [1.165, 1.54) is 18.6 Å². The lowest BCUT2D eigenvalue weighted by Gasteiger charge is -2.00. The van der Waals surface area contributed by atoms with Gasteiger partial charge in [-0.05, 0) is 6.92 Å². The van der Waals surface area contributed by atoms with E-state index in [0.29, 0.717) is 18.0 Å². The van der Waals surface area contributed by atoms with E-state index in [4.69, 9.17) is 4.52 Å². The Balaban J connectivity index is 1.94. The highest BCUT2D eigenvalue weighted by Crippen LogP contribution is 2.01. The van der Waals surface area contributed by atoms with Gasteiger partial charge < -0.3 is 9.84 Å². The number of carbonyl (C=O) groups is 1. The molecule has 1 amide bonds. The number of aryl methyl sites for hydroxylation is 1. The Bertz CT molecular complexity index is 481. The zero-order chi connectivity index (χ0) is 11.4. The van der Waals surface area contributed by atoms with Gasteiger partial charge in [-0.25, -0.2) is 4.98 Å². The molecule has 1 N–H and O–H groups in total. The third-order valence-corrected chi connectivity index (χ3v) is 1.90. The Hall–Kier alpha value is -2.24. The molecule has 0 radical (unpaired) electrons. The summed E-state index contributed by atoms with van der Waals surface area (Å²) >= 11 is 0. The molecule has 0 bridgehead atoms. The van der Waals surface area contributed by atoms with Crippen LogP contribution in [0.25, 0.3) is 0 Å². The predicted molar refractivity (Wildman–Crippen MR) is 54.4 cm³/mol. The van der Waals surface area contributed by atoms with Crippen LogP contribution in [0, 0.1) is 6.92 Å². The van der Waals surface area contributed by atoms with E-state index in [-0.39, 0.29) is 11.6 Å². The number of nitrogens with zero attached hydrogens (tertiary/aromatic N) is 3. The summed E-state index contributed by atoms with van der Waals surface area (Å²) in [6.07, 6.45) is 4.39. The van der Waals surface area contributed by atoms with Crippen molar-refractivity contribution in [3.8, 4) is 0 Å². The van der Waals surface area contributed by atoms with Crippen molar-refractivity contribution in [1.82, 2.24) is 20.4 Å². The highest BCUT2D eigenvalue weighted by atomic mass is 16.5. The Morgan fingerprint density at radius 1 is 1.50 bits per heavy atom. The van der Waals surface area contributed by atoms with Crippen molar-refractivity contribution in [2.45, 2.75) is 13.5 Å². The first-order valence-electron chi connectivity index (χ1n) is 4.72. The van der Waals surface area contributed by atoms with Crippen molar-refractivity contribution in [1.29, 1.82) is 0 Å². The topological polar surface area (TPSA) is 80.9 Å². The Labute approximate surface area is 91.7 Å². The molecular formula is C10H10N4O2. The SMILES string of the molecule is Cc1cc(CNC(=O)c2cnccn2)no1. The fraction of sp³-hybridized carbons (Fsp3) is 0.200. The van der Waals surface area contributed by atoms with Gasteiger partial charge >= 0.3 is 0 Å². The fourth-order valence-corrected chi connectivity index (χ4v) is 1.18. The largest absolute Gasteiger partial charge is 0.361 e. The molecule has 0 aliphatic carbocycles. The highest BCUT2D eigenvalue weighted by molar-refractivity contribution is 5.91. The molecule has 2 aromatic rings. The van der Waals surface area contributed by atoms with Gasteiger partial charge in [0.15, 0.2) is 0 Å². The molecule has 0 fully saturated rings. The molecule has 0 aliphatic rings. The summed E-state index contributed by atoms with van der Waals surface area (Å²) in [6, 6.07) is 1.76. The van der Waals surface area contributed by atoms with Gasteiger partial charge in [-0.2, -0.15) is 0 Å². The summed E-state index contributed by atoms with van der Waals surface area (Å²) in [6.45, 7) is 2.10. The molecule has 6 heteroatoms. The molecule has 2 rings (SSSR count). The number of nitrogens with one attached hydrogen (secondary N) is 1. The average molecular weight is 218 g/mol. The molecule has 0 aliphatic heterocycles. The van der Waals surface area contributed by atoms with Crippen LogP contribution in [0.5, 0.6) is 0 Å².